The molecular weight excluding hydrogens is 435 g/mol. The standard InChI is InChI=1S/C20H24F3N3O4S/c1-5-25(6-2)31(29,30)17-11-16(9-7-13(17)3)24-19(28)14(4)26-12-15(20(21,22)23)8-10-18(26)27/h7-12,14H,5-6H2,1-4H3,(H,24,28)/t14-/m1/s1. The molecule has 2 rings (SSSR count). The zero-order valence-corrected chi connectivity index (χ0v) is 18.3. The lowest BCUT2D eigenvalue weighted by atomic mass is 10.2. The molecule has 0 spiro atoms. The van der Waals surface area contributed by atoms with Gasteiger partial charge < -0.3 is 9.88 Å². The number of nitrogens with zero attached hydrogens (tertiary/aromatic N) is 2. The fourth-order valence-corrected chi connectivity index (χ4v) is 4.71. The summed E-state index contributed by atoms with van der Waals surface area (Å²) in [5.41, 5.74) is -1.21. The number of hydrogen-bond acceptors (Lipinski definition) is 4. The van der Waals surface area contributed by atoms with Gasteiger partial charge in [-0.2, -0.15) is 17.5 Å². The van der Waals surface area contributed by atoms with Gasteiger partial charge in [0.05, 0.1) is 10.5 Å². The number of sulfonamides is 1. The molecule has 0 bridgehead atoms. The molecule has 1 atom stereocenters. The van der Waals surface area contributed by atoms with Gasteiger partial charge in [0.15, 0.2) is 0 Å². The summed E-state index contributed by atoms with van der Waals surface area (Å²) in [6.45, 7) is 6.84. The average Bonchev–Trinajstić information content (AvgIpc) is 2.68. The van der Waals surface area contributed by atoms with Gasteiger partial charge in [0.2, 0.25) is 15.9 Å². The number of carbonyl (C=O) groups excluding carboxylic acids is 1. The monoisotopic (exact) mass is 459 g/mol. The normalized spacial score (nSPS) is 13.3. The van der Waals surface area contributed by atoms with Crippen molar-refractivity contribution in [1.29, 1.82) is 0 Å². The zero-order chi connectivity index (χ0) is 23.6. The van der Waals surface area contributed by atoms with Crippen LogP contribution in [0.1, 0.15) is 37.9 Å². The Labute approximate surface area is 178 Å². The maximum Gasteiger partial charge on any atom is 0.417 e. The topological polar surface area (TPSA) is 88.5 Å². The van der Waals surface area contributed by atoms with E-state index in [1.54, 1.807) is 20.8 Å². The van der Waals surface area contributed by atoms with E-state index in [4.69, 9.17) is 0 Å². The third kappa shape index (κ3) is 5.34. The summed E-state index contributed by atoms with van der Waals surface area (Å²) in [4.78, 5) is 24.6. The molecule has 0 aliphatic heterocycles. The van der Waals surface area contributed by atoms with E-state index in [1.807, 2.05) is 0 Å². The van der Waals surface area contributed by atoms with Gasteiger partial charge in [-0.05, 0) is 37.6 Å². The molecule has 0 fully saturated rings. The van der Waals surface area contributed by atoms with Crippen molar-refractivity contribution >= 4 is 21.6 Å². The van der Waals surface area contributed by atoms with Crippen LogP contribution in [0.25, 0.3) is 0 Å². The first-order valence-corrected chi connectivity index (χ1v) is 11.0. The lowest BCUT2D eigenvalue weighted by molar-refractivity contribution is -0.138. The Kier molecular flexibility index (Phi) is 7.32. The molecule has 0 aliphatic rings. The Morgan fingerprint density at radius 3 is 2.32 bits per heavy atom. The lowest BCUT2D eigenvalue weighted by Gasteiger charge is -2.21. The lowest BCUT2D eigenvalue weighted by Crippen LogP contribution is -2.32. The first kappa shape index (κ1) is 24.6. The van der Waals surface area contributed by atoms with Crippen LogP contribution in [0.2, 0.25) is 0 Å². The smallest absolute Gasteiger partial charge is 0.324 e. The van der Waals surface area contributed by atoms with Crippen molar-refractivity contribution in [1.82, 2.24) is 8.87 Å². The number of alkyl halides is 3. The van der Waals surface area contributed by atoms with Crippen molar-refractivity contribution in [2.24, 2.45) is 0 Å². The van der Waals surface area contributed by atoms with E-state index in [0.29, 0.717) is 22.4 Å². The molecule has 11 heteroatoms. The van der Waals surface area contributed by atoms with Crippen molar-refractivity contribution in [2.45, 2.75) is 44.8 Å². The van der Waals surface area contributed by atoms with Gasteiger partial charge in [-0.25, -0.2) is 8.42 Å². The number of carbonyl (C=O) groups is 1. The highest BCUT2D eigenvalue weighted by Crippen LogP contribution is 2.29. The van der Waals surface area contributed by atoms with Gasteiger partial charge in [0.1, 0.15) is 6.04 Å². The van der Waals surface area contributed by atoms with Crippen LogP contribution in [0.4, 0.5) is 18.9 Å². The highest BCUT2D eigenvalue weighted by Gasteiger charge is 2.32. The summed E-state index contributed by atoms with van der Waals surface area (Å²) in [7, 11) is -3.79. The molecule has 0 radical (unpaired) electrons. The Hall–Kier alpha value is -2.66. The third-order valence-corrected chi connectivity index (χ3v) is 7.03. The van der Waals surface area contributed by atoms with Crippen molar-refractivity contribution < 1.29 is 26.4 Å². The second-order valence-corrected chi connectivity index (χ2v) is 8.80. The number of halogens is 3. The predicted octanol–water partition coefficient (Wildman–Crippen LogP) is 3.41. The van der Waals surface area contributed by atoms with Crippen molar-refractivity contribution in [3.8, 4) is 0 Å². The predicted molar refractivity (Wildman–Crippen MR) is 110 cm³/mol. The van der Waals surface area contributed by atoms with Crippen LogP contribution in [-0.2, 0) is 21.0 Å². The van der Waals surface area contributed by atoms with Crippen molar-refractivity contribution in [3.05, 3.63) is 58.0 Å². The largest absolute Gasteiger partial charge is 0.417 e. The zero-order valence-electron chi connectivity index (χ0n) is 17.5. The molecule has 1 N–H and O–H groups in total. The van der Waals surface area contributed by atoms with E-state index in [9.17, 15) is 31.2 Å². The molecular formula is C20H24F3N3O4S. The molecule has 0 unspecified atom stereocenters. The van der Waals surface area contributed by atoms with Crippen LogP contribution >= 0.6 is 0 Å². The Morgan fingerprint density at radius 2 is 1.77 bits per heavy atom. The molecule has 0 saturated carbocycles. The minimum Gasteiger partial charge on any atom is -0.324 e. The van der Waals surface area contributed by atoms with E-state index in [0.717, 1.165) is 6.07 Å². The molecule has 1 amide bonds. The van der Waals surface area contributed by atoms with Crippen molar-refractivity contribution in [3.63, 3.8) is 0 Å². The van der Waals surface area contributed by atoms with Crippen LogP contribution in [0.5, 0.6) is 0 Å². The van der Waals surface area contributed by atoms with E-state index >= 15 is 0 Å². The van der Waals surface area contributed by atoms with Gasteiger partial charge in [-0.15, -0.1) is 0 Å². The Bertz CT molecular complexity index is 1120. The minimum atomic E-state index is -4.67. The molecule has 1 aromatic heterocycles. The first-order valence-electron chi connectivity index (χ1n) is 9.54. The van der Waals surface area contributed by atoms with Crippen LogP contribution < -0.4 is 10.9 Å². The number of hydrogen-bond donors (Lipinski definition) is 1. The Balaban J connectivity index is 2.36. The molecule has 1 heterocycles. The van der Waals surface area contributed by atoms with Crippen LogP contribution in [0, 0.1) is 6.92 Å². The SMILES string of the molecule is CCN(CC)S(=O)(=O)c1cc(NC(=O)[C@@H](C)n2cc(C(F)(F)F)ccc2=O)ccc1C. The summed E-state index contributed by atoms with van der Waals surface area (Å²) < 4.78 is 66.5. The summed E-state index contributed by atoms with van der Waals surface area (Å²) in [6.07, 6.45) is -4.09. The van der Waals surface area contributed by atoms with E-state index in [1.165, 1.54) is 29.4 Å². The average molecular weight is 459 g/mol. The fraction of sp³-hybridized carbons (Fsp3) is 0.400. The second kappa shape index (κ2) is 9.23. The molecule has 2 aromatic rings. The third-order valence-electron chi connectivity index (χ3n) is 4.84. The quantitative estimate of drug-likeness (QED) is 0.687. The van der Waals surface area contributed by atoms with E-state index < -0.39 is 39.3 Å². The fourth-order valence-electron chi connectivity index (χ4n) is 3.01. The number of aryl methyl sites for hydroxylation is 1. The number of nitrogens with one attached hydrogen (secondary N) is 1. The molecule has 7 nitrogen and oxygen atoms in total. The summed E-state index contributed by atoms with van der Waals surface area (Å²) in [6, 6.07) is 4.42. The highest BCUT2D eigenvalue weighted by atomic mass is 32.2. The number of rotatable bonds is 7. The highest BCUT2D eigenvalue weighted by molar-refractivity contribution is 7.89. The molecule has 0 aliphatic carbocycles. The second-order valence-electron chi connectivity index (χ2n) is 6.90. The number of pyridine rings is 1. The van der Waals surface area contributed by atoms with Crippen LogP contribution in [0.3, 0.4) is 0 Å². The number of aromatic nitrogens is 1. The number of anilines is 1. The van der Waals surface area contributed by atoms with Gasteiger partial charge in [0, 0.05) is 31.0 Å². The maximum atomic E-state index is 13.0. The number of amides is 1. The number of benzene rings is 1. The van der Waals surface area contributed by atoms with E-state index in [-0.39, 0.29) is 23.7 Å². The van der Waals surface area contributed by atoms with Gasteiger partial charge in [-0.1, -0.05) is 19.9 Å². The summed E-state index contributed by atoms with van der Waals surface area (Å²) in [5.74, 6) is -0.767. The van der Waals surface area contributed by atoms with Gasteiger partial charge in [-0.3, -0.25) is 9.59 Å². The van der Waals surface area contributed by atoms with Crippen LogP contribution in [-0.4, -0.2) is 36.3 Å². The van der Waals surface area contributed by atoms with E-state index in [2.05, 4.69) is 5.32 Å². The van der Waals surface area contributed by atoms with Gasteiger partial charge in [0.25, 0.3) is 5.56 Å². The maximum absolute atomic E-state index is 13.0. The molecule has 170 valence electrons. The molecule has 1 aromatic carbocycles. The minimum absolute atomic E-state index is 0.0119. The summed E-state index contributed by atoms with van der Waals surface area (Å²) in [5, 5.41) is 2.48. The van der Waals surface area contributed by atoms with Gasteiger partial charge >= 0.3 is 6.18 Å². The summed E-state index contributed by atoms with van der Waals surface area (Å²) >= 11 is 0. The molecule has 31 heavy (non-hydrogen) atoms. The molecule has 0 saturated heterocycles. The van der Waals surface area contributed by atoms with Crippen molar-refractivity contribution in [2.75, 3.05) is 18.4 Å². The first-order chi connectivity index (χ1) is 14.3. The Morgan fingerprint density at radius 1 is 1.16 bits per heavy atom. The van der Waals surface area contributed by atoms with Crippen LogP contribution in [0.15, 0.2) is 46.2 Å².